The fraction of sp³-hybridized carbons (Fsp3) is 0.676. The molecule has 2 aliphatic heterocycles. The molecule has 2 saturated heterocycles. The molecule has 0 aromatic carbocycles. The summed E-state index contributed by atoms with van der Waals surface area (Å²) in [4.78, 5) is 49.8. The second kappa shape index (κ2) is 14.1. The van der Waals surface area contributed by atoms with Crippen molar-refractivity contribution in [3.63, 3.8) is 0 Å². The summed E-state index contributed by atoms with van der Waals surface area (Å²) in [6.45, 7) is 14.3. The molecule has 2 aromatic rings. The van der Waals surface area contributed by atoms with E-state index in [1.165, 1.54) is 11.8 Å². The Bertz CT molecular complexity index is 1300. The van der Waals surface area contributed by atoms with Gasteiger partial charge in [0.25, 0.3) is 0 Å². The number of Topliss-reactive ketones (excluding diaryl/α,β-unsaturated/α-hetero) is 1. The molecule has 4 rings (SSSR count). The predicted octanol–water partition coefficient (Wildman–Crippen LogP) is 6.00. The van der Waals surface area contributed by atoms with E-state index >= 15 is 0 Å². The summed E-state index contributed by atoms with van der Waals surface area (Å²) in [5.74, 6) is -1.38. The zero-order valence-electron chi connectivity index (χ0n) is 27.4. The van der Waals surface area contributed by atoms with Crippen LogP contribution in [0.2, 0.25) is 0 Å². The SMILES string of the molecule is CCC1OC(=O)C(C)CC(C)CC(C)(OC)CC(C)C(=O)C(C)C2C(SCCn3cnc(-c4cccnc4)c3)C(=O)OC12C. The third-order valence-corrected chi connectivity index (χ3v) is 11.0. The molecule has 9 unspecified atom stereocenters. The highest BCUT2D eigenvalue weighted by Gasteiger charge is 2.61. The van der Waals surface area contributed by atoms with E-state index in [4.69, 9.17) is 14.2 Å². The summed E-state index contributed by atoms with van der Waals surface area (Å²) in [5, 5.41) is -0.584. The van der Waals surface area contributed by atoms with Crippen molar-refractivity contribution in [3.8, 4) is 11.3 Å². The number of ether oxygens (including phenoxy) is 3. The van der Waals surface area contributed by atoms with Gasteiger partial charge in [-0.3, -0.25) is 19.4 Å². The number of pyridine rings is 1. The molecule has 2 fully saturated rings. The first-order valence-electron chi connectivity index (χ1n) is 15.9. The number of aromatic nitrogens is 3. The first kappa shape index (κ1) is 34.2. The van der Waals surface area contributed by atoms with Crippen LogP contribution in [-0.4, -0.2) is 67.7 Å². The monoisotopic (exact) mass is 627 g/mol. The Morgan fingerprint density at radius 2 is 1.84 bits per heavy atom. The lowest BCUT2D eigenvalue weighted by atomic mass is 9.70. The number of nitrogens with zero attached hydrogens (tertiary/aromatic N) is 3. The van der Waals surface area contributed by atoms with Crippen LogP contribution >= 0.6 is 11.8 Å². The fourth-order valence-electron chi connectivity index (χ4n) is 7.44. The van der Waals surface area contributed by atoms with Gasteiger partial charge in [-0.15, -0.1) is 11.8 Å². The third kappa shape index (κ3) is 7.39. The summed E-state index contributed by atoms with van der Waals surface area (Å²) in [5.41, 5.74) is 0.0988. The van der Waals surface area contributed by atoms with E-state index in [0.29, 0.717) is 31.6 Å². The van der Waals surface area contributed by atoms with Gasteiger partial charge in [-0.2, -0.15) is 0 Å². The summed E-state index contributed by atoms with van der Waals surface area (Å²) >= 11 is 1.49. The Hall–Kier alpha value is -2.72. The highest BCUT2D eigenvalue weighted by atomic mass is 32.2. The number of cyclic esters (lactones) is 1. The molecule has 0 spiro atoms. The Balaban J connectivity index is 1.61. The molecule has 44 heavy (non-hydrogen) atoms. The highest BCUT2D eigenvalue weighted by molar-refractivity contribution is 8.00. The zero-order valence-corrected chi connectivity index (χ0v) is 28.3. The second-order valence-corrected chi connectivity index (χ2v) is 14.6. The van der Waals surface area contributed by atoms with E-state index in [-0.39, 0.29) is 35.5 Å². The molecular weight excluding hydrogens is 578 g/mol. The summed E-state index contributed by atoms with van der Waals surface area (Å²) in [7, 11) is 1.69. The Labute approximate surface area is 266 Å². The van der Waals surface area contributed by atoms with Gasteiger partial charge in [0.15, 0.2) is 5.60 Å². The molecule has 9 nitrogen and oxygen atoms in total. The fourth-order valence-corrected chi connectivity index (χ4v) is 8.91. The van der Waals surface area contributed by atoms with Crippen molar-refractivity contribution in [3.05, 3.63) is 37.1 Å². The number of hydrogen-bond acceptors (Lipinski definition) is 9. The molecule has 0 radical (unpaired) electrons. The van der Waals surface area contributed by atoms with Crippen molar-refractivity contribution in [1.29, 1.82) is 0 Å². The Morgan fingerprint density at radius 1 is 1.09 bits per heavy atom. The average molecular weight is 628 g/mol. The van der Waals surface area contributed by atoms with Crippen LogP contribution in [0.3, 0.4) is 0 Å². The number of ketones is 1. The molecule has 0 saturated carbocycles. The largest absolute Gasteiger partial charge is 0.458 e. The minimum Gasteiger partial charge on any atom is -0.458 e. The van der Waals surface area contributed by atoms with Gasteiger partial charge < -0.3 is 18.8 Å². The van der Waals surface area contributed by atoms with Gasteiger partial charge in [-0.1, -0.05) is 34.6 Å². The van der Waals surface area contributed by atoms with Crippen LogP contribution in [0, 0.1) is 29.6 Å². The van der Waals surface area contributed by atoms with Crippen molar-refractivity contribution in [2.24, 2.45) is 29.6 Å². The molecule has 0 N–H and O–H groups in total. The molecule has 2 aliphatic rings. The van der Waals surface area contributed by atoms with Crippen molar-refractivity contribution < 1.29 is 28.6 Å². The molecule has 4 heterocycles. The van der Waals surface area contributed by atoms with E-state index in [9.17, 15) is 14.4 Å². The van der Waals surface area contributed by atoms with Crippen molar-refractivity contribution in [2.75, 3.05) is 12.9 Å². The first-order chi connectivity index (χ1) is 20.8. The zero-order chi connectivity index (χ0) is 32.2. The van der Waals surface area contributed by atoms with Gasteiger partial charge in [0.2, 0.25) is 0 Å². The lowest BCUT2D eigenvalue weighted by molar-refractivity contribution is -0.183. The normalized spacial score (nSPS) is 35.5. The molecule has 0 amide bonds. The number of fused-ring (bicyclic) bond motifs is 1. The number of methoxy groups -OCH3 is 1. The maximum atomic E-state index is 14.1. The van der Waals surface area contributed by atoms with Crippen molar-refractivity contribution in [1.82, 2.24) is 14.5 Å². The van der Waals surface area contributed by atoms with Gasteiger partial charge >= 0.3 is 11.9 Å². The van der Waals surface area contributed by atoms with Crippen LogP contribution < -0.4 is 0 Å². The number of esters is 2. The standard InChI is InChI=1S/C34H49N3O6S/c1-9-27-34(7)28(24(5)29(38)23(4)17-33(6,41-8)16-21(2)15-22(3)31(39)42-27)30(32(40)43-34)44-14-13-37-19-26(36-20-37)25-11-10-12-35-18-25/h10-12,18-24,27-28,30H,9,13-17H2,1-8H3. The number of carbonyl (C=O) groups is 3. The van der Waals surface area contributed by atoms with Crippen LogP contribution in [-0.2, 0) is 35.1 Å². The smallest absolute Gasteiger partial charge is 0.320 e. The lowest BCUT2D eigenvalue weighted by Crippen LogP contribution is -2.52. The van der Waals surface area contributed by atoms with Crippen LogP contribution in [0.4, 0.5) is 0 Å². The number of rotatable bonds is 7. The van der Waals surface area contributed by atoms with Crippen molar-refractivity contribution >= 4 is 29.5 Å². The van der Waals surface area contributed by atoms with Crippen LogP contribution in [0.15, 0.2) is 37.1 Å². The number of aryl methyl sites for hydroxylation is 1. The minimum absolute atomic E-state index is 0.0726. The molecule has 0 bridgehead atoms. The number of hydrogen-bond donors (Lipinski definition) is 0. The highest BCUT2D eigenvalue weighted by Crippen LogP contribution is 2.48. The molecule has 10 heteroatoms. The average Bonchev–Trinajstić information content (AvgIpc) is 3.56. The summed E-state index contributed by atoms with van der Waals surface area (Å²) in [6, 6.07) is 3.84. The topological polar surface area (TPSA) is 110 Å². The van der Waals surface area contributed by atoms with Crippen molar-refractivity contribution in [2.45, 2.75) is 103 Å². The first-order valence-corrected chi connectivity index (χ1v) is 16.9. The van der Waals surface area contributed by atoms with Gasteiger partial charge in [-0.05, 0) is 57.6 Å². The van der Waals surface area contributed by atoms with Crippen LogP contribution in [0.5, 0.6) is 0 Å². The van der Waals surface area contributed by atoms with Crippen LogP contribution in [0.1, 0.15) is 74.1 Å². The Morgan fingerprint density at radius 3 is 2.50 bits per heavy atom. The molecular formula is C34H49N3O6S. The number of thioether (sulfide) groups is 1. The molecule has 9 atom stereocenters. The number of carbonyl (C=O) groups excluding carboxylic acids is 3. The van der Waals surface area contributed by atoms with E-state index in [2.05, 4.69) is 16.9 Å². The molecule has 2 aromatic heterocycles. The van der Waals surface area contributed by atoms with Gasteiger partial charge in [-0.25, -0.2) is 4.98 Å². The number of imidazole rings is 1. The lowest BCUT2D eigenvalue weighted by Gasteiger charge is -2.41. The predicted molar refractivity (Wildman–Crippen MR) is 171 cm³/mol. The summed E-state index contributed by atoms with van der Waals surface area (Å²) < 4.78 is 20.3. The van der Waals surface area contributed by atoms with Gasteiger partial charge in [0.05, 0.1) is 23.5 Å². The molecule has 0 aliphatic carbocycles. The molecule has 242 valence electrons. The van der Waals surface area contributed by atoms with E-state index < -0.39 is 34.4 Å². The van der Waals surface area contributed by atoms with Gasteiger partial charge in [0.1, 0.15) is 17.1 Å². The maximum Gasteiger partial charge on any atom is 0.320 e. The van der Waals surface area contributed by atoms with E-state index in [1.54, 1.807) is 25.8 Å². The summed E-state index contributed by atoms with van der Waals surface area (Å²) in [6.07, 6.45) is 8.97. The van der Waals surface area contributed by atoms with Crippen LogP contribution in [0.25, 0.3) is 11.3 Å². The third-order valence-electron chi connectivity index (χ3n) is 9.69. The Kier molecular flexibility index (Phi) is 11.0. The minimum atomic E-state index is -1.14. The maximum absolute atomic E-state index is 14.1. The second-order valence-electron chi connectivity index (χ2n) is 13.4. The van der Waals surface area contributed by atoms with E-state index in [1.807, 2.05) is 64.4 Å². The van der Waals surface area contributed by atoms with Gasteiger partial charge in [0, 0.05) is 61.3 Å². The van der Waals surface area contributed by atoms with E-state index in [0.717, 1.165) is 17.7 Å². The quantitative estimate of drug-likeness (QED) is 0.341.